The van der Waals surface area contributed by atoms with E-state index in [0.717, 1.165) is 6.29 Å². The fraction of sp³-hybridized carbons (Fsp3) is 0. The molecule has 0 saturated heterocycles. The number of phenols is 1. The van der Waals surface area contributed by atoms with E-state index in [4.69, 9.17) is 20.1 Å². The van der Waals surface area contributed by atoms with Crippen LogP contribution in [0.4, 0.5) is 4.79 Å². The third kappa shape index (κ3) is 18.7. The summed E-state index contributed by atoms with van der Waals surface area (Å²) in [6.07, 6.45) is -1.35. The summed E-state index contributed by atoms with van der Waals surface area (Å²) in [5.41, 5.74) is 0.577. The Kier molecular flexibility index (Phi) is 29.2. The van der Waals surface area contributed by atoms with Crippen molar-refractivity contribution in [1.82, 2.24) is 0 Å². The molecule has 0 unspecified atom stereocenters. The third-order valence-electron chi connectivity index (χ3n) is 1.03. The van der Waals surface area contributed by atoms with Crippen LogP contribution < -0.4 is 149 Å². The van der Waals surface area contributed by atoms with Gasteiger partial charge < -0.3 is 44.1 Å². The molecule has 8 heteroatoms. The van der Waals surface area contributed by atoms with Gasteiger partial charge in [0.1, 0.15) is 12.0 Å². The van der Waals surface area contributed by atoms with E-state index >= 15 is 0 Å². The SMILES string of the molecule is O=C([O-])O.O=Cc1ccc(O)cc1.[Cs+].[I-].[K+]. The molecule has 1 aromatic rings. The van der Waals surface area contributed by atoms with E-state index in [2.05, 4.69) is 0 Å². The molecule has 0 spiro atoms. The van der Waals surface area contributed by atoms with Crippen LogP contribution in [0.5, 0.6) is 5.75 Å². The van der Waals surface area contributed by atoms with Crippen molar-refractivity contribution < 1.29 is 169 Å². The van der Waals surface area contributed by atoms with Crippen molar-refractivity contribution in [1.29, 1.82) is 0 Å². The van der Waals surface area contributed by atoms with Crippen molar-refractivity contribution in [2.75, 3.05) is 0 Å². The number of carbonyl (C=O) groups excluding carboxylic acids is 1. The number of rotatable bonds is 1. The molecular formula is C8H7CsIKO5. The Morgan fingerprint density at radius 2 is 1.56 bits per heavy atom. The van der Waals surface area contributed by atoms with E-state index in [-0.39, 0.29) is 150 Å². The Morgan fingerprint density at radius 3 is 1.81 bits per heavy atom. The van der Waals surface area contributed by atoms with E-state index in [9.17, 15) is 4.79 Å². The van der Waals surface area contributed by atoms with E-state index in [0.29, 0.717) is 5.56 Å². The van der Waals surface area contributed by atoms with Crippen LogP contribution in [0.2, 0.25) is 0 Å². The molecule has 0 amide bonds. The monoisotopic (exact) mass is 482 g/mol. The molecule has 2 N–H and O–H groups in total. The second-order valence-electron chi connectivity index (χ2n) is 1.98. The van der Waals surface area contributed by atoms with Crippen LogP contribution >= 0.6 is 0 Å². The van der Waals surface area contributed by atoms with E-state index in [1.54, 1.807) is 12.1 Å². The Hall–Kier alpha value is 2.38. The summed E-state index contributed by atoms with van der Waals surface area (Å²) >= 11 is 0. The van der Waals surface area contributed by atoms with Gasteiger partial charge in [0.2, 0.25) is 6.16 Å². The van der Waals surface area contributed by atoms with Crippen molar-refractivity contribution >= 4 is 12.4 Å². The van der Waals surface area contributed by atoms with Crippen LogP contribution in [0.3, 0.4) is 0 Å². The van der Waals surface area contributed by atoms with Gasteiger partial charge >= 0.3 is 120 Å². The maximum absolute atomic E-state index is 10.0. The van der Waals surface area contributed by atoms with Crippen LogP contribution in [-0.4, -0.2) is 22.7 Å². The van der Waals surface area contributed by atoms with Gasteiger partial charge in [-0.1, -0.05) is 0 Å². The van der Waals surface area contributed by atoms with Crippen molar-refractivity contribution in [3.63, 3.8) is 0 Å². The Labute approximate surface area is 211 Å². The number of halogens is 1. The number of benzene rings is 1. The zero-order valence-corrected chi connectivity index (χ0v) is 20.4. The molecular weight excluding hydrogens is 475 g/mol. The molecule has 1 rings (SSSR count). The number of carbonyl (C=O) groups is 2. The third-order valence-corrected chi connectivity index (χ3v) is 1.03. The van der Waals surface area contributed by atoms with Gasteiger partial charge in [0.15, 0.2) is 0 Å². The summed E-state index contributed by atoms with van der Waals surface area (Å²) in [6, 6.07) is 6.07. The molecule has 1 aromatic carbocycles. The predicted molar refractivity (Wildman–Crippen MR) is 41.5 cm³/mol. The molecule has 0 fully saturated rings. The molecule has 0 aliphatic heterocycles. The predicted octanol–water partition coefficient (Wildman–Crippen LogP) is -8.90. The van der Waals surface area contributed by atoms with Gasteiger partial charge in [0.05, 0.1) is 0 Å². The van der Waals surface area contributed by atoms with Gasteiger partial charge in [-0.3, -0.25) is 4.79 Å². The maximum Gasteiger partial charge on any atom is 1.00 e. The smallest absolute Gasteiger partial charge is 1.00 e. The van der Waals surface area contributed by atoms with Gasteiger partial charge in [-0.15, -0.1) is 0 Å². The number of phenolic OH excluding ortho intramolecular Hbond substituents is 1. The minimum atomic E-state index is -2.08. The van der Waals surface area contributed by atoms with Crippen LogP contribution in [-0.2, 0) is 0 Å². The van der Waals surface area contributed by atoms with Gasteiger partial charge in [0, 0.05) is 5.56 Å². The van der Waals surface area contributed by atoms with E-state index < -0.39 is 6.16 Å². The molecule has 0 aliphatic carbocycles. The first-order valence-electron chi connectivity index (χ1n) is 3.20. The average molecular weight is 482 g/mol. The molecule has 0 atom stereocenters. The minimum Gasteiger partial charge on any atom is -1.00 e. The van der Waals surface area contributed by atoms with Crippen LogP contribution in [0.25, 0.3) is 0 Å². The Balaban J connectivity index is -0.0000000921. The molecule has 5 nitrogen and oxygen atoms in total. The van der Waals surface area contributed by atoms with Crippen molar-refractivity contribution in [3.8, 4) is 5.75 Å². The quantitative estimate of drug-likeness (QED) is 0.236. The molecule has 0 aliphatic rings. The van der Waals surface area contributed by atoms with E-state index in [1.165, 1.54) is 12.1 Å². The van der Waals surface area contributed by atoms with Gasteiger partial charge in [0.25, 0.3) is 0 Å². The normalized spacial score (nSPS) is 6.50. The first-order chi connectivity index (χ1) is 6.06. The summed E-state index contributed by atoms with van der Waals surface area (Å²) in [5, 5.41) is 24.0. The number of aldehydes is 1. The minimum absolute atomic E-state index is 0. The maximum atomic E-state index is 10.0. The van der Waals surface area contributed by atoms with Gasteiger partial charge in [-0.25, -0.2) is 0 Å². The number of aromatic hydroxyl groups is 1. The first-order valence-corrected chi connectivity index (χ1v) is 3.20. The zero-order valence-electron chi connectivity index (χ0n) is 8.88. The average Bonchev–Trinajstić information content (AvgIpc) is 2.05. The van der Waals surface area contributed by atoms with Crippen molar-refractivity contribution in [3.05, 3.63) is 29.8 Å². The second-order valence-corrected chi connectivity index (χ2v) is 1.98. The number of carboxylic acid groups (broad SMARTS) is 2. The van der Waals surface area contributed by atoms with Crippen molar-refractivity contribution in [2.45, 2.75) is 0 Å². The fourth-order valence-corrected chi connectivity index (χ4v) is 0.553. The summed E-state index contributed by atoms with van der Waals surface area (Å²) in [5.74, 6) is 0.181. The number of hydrogen-bond donors (Lipinski definition) is 2. The molecule has 0 bridgehead atoms. The topological polar surface area (TPSA) is 97.7 Å². The van der Waals surface area contributed by atoms with Crippen LogP contribution in [0, 0.1) is 0 Å². The van der Waals surface area contributed by atoms with Gasteiger partial charge in [-0.2, -0.15) is 0 Å². The fourth-order valence-electron chi connectivity index (χ4n) is 0.553. The first kappa shape index (κ1) is 26.8. The summed E-state index contributed by atoms with van der Waals surface area (Å²) < 4.78 is 0. The Bertz CT molecular complexity index is 289. The van der Waals surface area contributed by atoms with Crippen LogP contribution in [0.1, 0.15) is 10.4 Å². The second kappa shape index (κ2) is 17.4. The molecule has 0 saturated carbocycles. The largest absolute Gasteiger partial charge is 1.00 e. The van der Waals surface area contributed by atoms with Crippen molar-refractivity contribution in [2.24, 2.45) is 0 Å². The molecule has 0 radical (unpaired) electrons. The zero-order chi connectivity index (χ0) is 10.3. The van der Waals surface area contributed by atoms with E-state index in [1.807, 2.05) is 0 Å². The van der Waals surface area contributed by atoms with Crippen LogP contribution in [0.15, 0.2) is 24.3 Å². The molecule has 16 heavy (non-hydrogen) atoms. The molecule has 78 valence electrons. The summed E-state index contributed by atoms with van der Waals surface area (Å²) in [4.78, 5) is 18.5. The summed E-state index contributed by atoms with van der Waals surface area (Å²) in [7, 11) is 0. The van der Waals surface area contributed by atoms with Gasteiger partial charge in [-0.05, 0) is 24.3 Å². The standard InChI is InChI=1S/C7H6O2.CH2O3.Cs.HI.K/c8-5-6-1-3-7(9)4-2-6;2-1(3)4;;;/h1-5,9H;(H2,2,3,4);;1H;/q;;+1;;+1/p-2. The Morgan fingerprint density at radius 1 is 1.25 bits per heavy atom. The molecule has 0 heterocycles. The number of hydrogen-bond acceptors (Lipinski definition) is 4. The molecule has 0 aromatic heterocycles. The summed E-state index contributed by atoms with van der Waals surface area (Å²) in [6.45, 7) is 0.